The Hall–Kier alpha value is -2.73. The van der Waals surface area contributed by atoms with Gasteiger partial charge in [-0.2, -0.15) is 0 Å². The molecule has 6 nitrogen and oxygen atoms in total. The lowest BCUT2D eigenvalue weighted by atomic mass is 9.79. The summed E-state index contributed by atoms with van der Waals surface area (Å²) in [4.78, 5) is 6.48. The molecule has 32 heavy (non-hydrogen) atoms. The summed E-state index contributed by atoms with van der Waals surface area (Å²) in [5.74, 6) is 0.730. The van der Waals surface area contributed by atoms with Crippen LogP contribution in [-0.4, -0.2) is 50.7 Å². The van der Waals surface area contributed by atoms with E-state index in [-0.39, 0.29) is 28.6 Å². The minimum Gasteiger partial charge on any atom is -0.507 e. The Kier molecular flexibility index (Phi) is 6.47. The first-order valence-electron chi connectivity index (χ1n) is 11.3. The predicted molar refractivity (Wildman–Crippen MR) is 133 cm³/mol. The van der Waals surface area contributed by atoms with E-state index in [2.05, 4.69) is 51.8 Å². The van der Waals surface area contributed by atoms with E-state index >= 15 is 0 Å². The van der Waals surface area contributed by atoms with Crippen molar-refractivity contribution in [1.29, 1.82) is 10.8 Å². The summed E-state index contributed by atoms with van der Waals surface area (Å²) in [7, 11) is 1.95. The van der Waals surface area contributed by atoms with E-state index in [1.54, 1.807) is 30.5 Å². The van der Waals surface area contributed by atoms with Crippen molar-refractivity contribution < 1.29 is 5.11 Å². The number of fused-ring (bicyclic) bond motifs is 1. The van der Waals surface area contributed by atoms with Gasteiger partial charge in [0.2, 0.25) is 0 Å². The van der Waals surface area contributed by atoms with Crippen LogP contribution in [0.1, 0.15) is 71.6 Å². The number of phenolic OH excluding ortho intramolecular Hbond substituents is 1. The normalized spacial score (nSPS) is 18.4. The molecule has 0 atom stereocenters. The fourth-order valence-electron chi connectivity index (χ4n) is 4.84. The SMILES string of the molecule is CC(C)c1cc2cc(O)c(C(=N)/C=C\C(=N)N(C)C3CC(C)(C)NC(C)(C)C3)cc2cn1. The molecule has 0 saturated carbocycles. The van der Waals surface area contributed by atoms with Gasteiger partial charge in [-0.15, -0.1) is 0 Å². The second-order valence-electron chi connectivity index (χ2n) is 10.7. The molecule has 0 amide bonds. The highest BCUT2D eigenvalue weighted by Crippen LogP contribution is 2.31. The van der Waals surface area contributed by atoms with Gasteiger partial charge in [0.1, 0.15) is 11.6 Å². The number of benzene rings is 1. The summed E-state index contributed by atoms with van der Waals surface area (Å²) in [5, 5.41) is 33.0. The van der Waals surface area contributed by atoms with E-state index in [1.807, 2.05) is 18.0 Å². The Bertz CT molecular complexity index is 1050. The first kappa shape index (κ1) is 23.9. The first-order chi connectivity index (χ1) is 14.8. The highest BCUT2D eigenvalue weighted by atomic mass is 16.3. The number of allylic oxidation sites excluding steroid dienone is 1. The van der Waals surface area contributed by atoms with Crippen molar-refractivity contribution in [3.05, 3.63) is 47.8 Å². The van der Waals surface area contributed by atoms with Crippen LogP contribution in [0.3, 0.4) is 0 Å². The molecule has 0 radical (unpaired) electrons. The van der Waals surface area contributed by atoms with Crippen LogP contribution in [0.15, 0.2) is 36.5 Å². The fraction of sp³-hybridized carbons (Fsp3) is 0.500. The summed E-state index contributed by atoms with van der Waals surface area (Å²) < 4.78 is 0. The van der Waals surface area contributed by atoms with Crippen LogP contribution in [0.4, 0.5) is 0 Å². The van der Waals surface area contributed by atoms with Crippen molar-refractivity contribution in [1.82, 2.24) is 15.2 Å². The Morgan fingerprint density at radius 3 is 2.31 bits per heavy atom. The Labute approximate surface area is 191 Å². The molecule has 1 aliphatic rings. The van der Waals surface area contributed by atoms with Crippen LogP contribution in [0.2, 0.25) is 0 Å². The lowest BCUT2D eigenvalue weighted by Crippen LogP contribution is -2.62. The van der Waals surface area contributed by atoms with Crippen molar-refractivity contribution in [3.8, 4) is 5.75 Å². The molecular weight excluding hydrogens is 398 g/mol. The third-order valence-electron chi connectivity index (χ3n) is 6.24. The Morgan fingerprint density at radius 1 is 1.09 bits per heavy atom. The molecule has 2 heterocycles. The molecule has 1 aromatic heterocycles. The third kappa shape index (κ3) is 5.36. The van der Waals surface area contributed by atoms with Gasteiger partial charge in [-0.3, -0.25) is 10.4 Å². The number of nitrogens with one attached hydrogen (secondary N) is 3. The minimum atomic E-state index is -0.00225. The number of hydrogen-bond acceptors (Lipinski definition) is 5. The molecule has 6 heteroatoms. The van der Waals surface area contributed by atoms with Gasteiger partial charge in [0.15, 0.2) is 0 Å². The van der Waals surface area contributed by atoms with Crippen LogP contribution in [0, 0.1) is 10.8 Å². The van der Waals surface area contributed by atoms with Crippen LogP contribution in [0.5, 0.6) is 5.75 Å². The maximum absolute atomic E-state index is 10.5. The number of rotatable bonds is 5. The fourth-order valence-corrected chi connectivity index (χ4v) is 4.84. The van der Waals surface area contributed by atoms with Crippen molar-refractivity contribution in [3.63, 3.8) is 0 Å². The Balaban J connectivity index is 1.76. The lowest BCUT2D eigenvalue weighted by Gasteiger charge is -2.49. The lowest BCUT2D eigenvalue weighted by molar-refractivity contribution is 0.114. The second-order valence-corrected chi connectivity index (χ2v) is 10.7. The summed E-state index contributed by atoms with van der Waals surface area (Å²) >= 11 is 0. The van der Waals surface area contributed by atoms with Gasteiger partial charge in [-0.25, -0.2) is 0 Å². The van der Waals surface area contributed by atoms with Crippen LogP contribution in [-0.2, 0) is 0 Å². The highest BCUT2D eigenvalue weighted by Gasteiger charge is 2.39. The smallest absolute Gasteiger partial charge is 0.125 e. The van der Waals surface area contributed by atoms with E-state index in [9.17, 15) is 5.11 Å². The number of aromatic hydroxyl groups is 1. The average Bonchev–Trinajstić information content (AvgIpc) is 2.67. The van der Waals surface area contributed by atoms with Crippen molar-refractivity contribution in [2.75, 3.05) is 7.05 Å². The maximum Gasteiger partial charge on any atom is 0.125 e. The molecule has 1 fully saturated rings. The number of amidine groups is 1. The minimum absolute atomic E-state index is 0.00225. The second kappa shape index (κ2) is 8.66. The maximum atomic E-state index is 10.5. The average molecular weight is 436 g/mol. The first-order valence-corrected chi connectivity index (χ1v) is 11.3. The van der Waals surface area contributed by atoms with Crippen LogP contribution >= 0.6 is 0 Å². The van der Waals surface area contributed by atoms with E-state index in [0.29, 0.717) is 17.3 Å². The standard InChI is InChI=1S/C26H37N5O/c1-16(2)22-11-17-12-23(32)20(10-18(17)15-29-22)21(27)8-9-24(28)31(7)19-13-25(3,4)30-26(5,6)14-19/h8-12,15-16,19,27-28,30,32H,13-14H2,1-7H3/b9-8-,27-21?,28-24?. The van der Waals surface area contributed by atoms with Gasteiger partial charge in [0, 0.05) is 47.0 Å². The van der Waals surface area contributed by atoms with E-state index < -0.39 is 0 Å². The topological polar surface area (TPSA) is 96.1 Å². The molecule has 0 bridgehead atoms. The number of aromatic nitrogens is 1. The molecular formula is C26H37N5O. The number of likely N-dealkylation sites (N-methyl/N-ethyl adjacent to an activating group) is 1. The molecule has 1 aromatic carbocycles. The molecule has 0 aliphatic carbocycles. The molecule has 4 N–H and O–H groups in total. The van der Waals surface area contributed by atoms with Gasteiger partial charge >= 0.3 is 0 Å². The van der Waals surface area contributed by atoms with E-state index in [0.717, 1.165) is 29.3 Å². The van der Waals surface area contributed by atoms with Crippen molar-refractivity contribution in [2.45, 2.75) is 77.4 Å². The molecule has 2 aromatic rings. The zero-order valence-corrected chi connectivity index (χ0v) is 20.4. The number of piperidine rings is 1. The highest BCUT2D eigenvalue weighted by molar-refractivity contribution is 6.12. The zero-order valence-electron chi connectivity index (χ0n) is 20.4. The number of phenols is 1. The van der Waals surface area contributed by atoms with Crippen LogP contribution in [0.25, 0.3) is 10.8 Å². The van der Waals surface area contributed by atoms with Crippen LogP contribution < -0.4 is 5.32 Å². The molecule has 1 aliphatic heterocycles. The largest absolute Gasteiger partial charge is 0.507 e. The third-order valence-corrected chi connectivity index (χ3v) is 6.24. The van der Waals surface area contributed by atoms with Gasteiger partial charge in [-0.1, -0.05) is 13.8 Å². The van der Waals surface area contributed by atoms with E-state index in [1.165, 1.54) is 0 Å². The molecule has 172 valence electrons. The number of hydrogen-bond donors (Lipinski definition) is 4. The molecule has 1 saturated heterocycles. The zero-order chi connectivity index (χ0) is 23.8. The monoisotopic (exact) mass is 435 g/mol. The molecule has 3 rings (SSSR count). The number of nitrogens with zero attached hydrogens (tertiary/aromatic N) is 2. The van der Waals surface area contributed by atoms with Gasteiger partial charge in [0.05, 0.1) is 5.71 Å². The van der Waals surface area contributed by atoms with Gasteiger partial charge in [-0.05, 0) is 82.2 Å². The Morgan fingerprint density at radius 2 is 1.72 bits per heavy atom. The quantitative estimate of drug-likeness (QED) is 0.383. The number of pyridine rings is 1. The summed E-state index contributed by atoms with van der Waals surface area (Å²) in [6.45, 7) is 13.0. The summed E-state index contributed by atoms with van der Waals surface area (Å²) in [5.41, 5.74) is 1.57. The van der Waals surface area contributed by atoms with Crippen molar-refractivity contribution in [2.24, 2.45) is 0 Å². The predicted octanol–water partition coefficient (Wildman–Crippen LogP) is 5.21. The molecule has 0 spiro atoms. The van der Waals surface area contributed by atoms with E-state index in [4.69, 9.17) is 10.8 Å². The van der Waals surface area contributed by atoms with Gasteiger partial charge in [0.25, 0.3) is 0 Å². The summed E-state index contributed by atoms with van der Waals surface area (Å²) in [6.07, 6.45) is 6.91. The molecule has 0 unspecified atom stereocenters. The van der Waals surface area contributed by atoms with Gasteiger partial charge < -0.3 is 20.7 Å². The summed E-state index contributed by atoms with van der Waals surface area (Å²) in [6, 6.07) is 5.70. The van der Waals surface area contributed by atoms with Crippen molar-refractivity contribution >= 4 is 22.3 Å².